The van der Waals surface area contributed by atoms with Gasteiger partial charge in [-0.05, 0) is 22.9 Å². The van der Waals surface area contributed by atoms with Crippen molar-refractivity contribution in [3.05, 3.63) is 29.8 Å². The number of nitrogen functional groups attached to an aromatic ring is 1. The maximum Gasteiger partial charge on any atom is 0.310 e. The molecule has 1 aromatic rings. The van der Waals surface area contributed by atoms with Gasteiger partial charge in [0.2, 0.25) is 0 Å². The number of rotatable bonds is 6. The molecule has 1 aromatic carbocycles. The van der Waals surface area contributed by atoms with Crippen molar-refractivity contribution >= 4 is 23.4 Å². The zero-order valence-corrected chi connectivity index (χ0v) is 11.1. The van der Waals surface area contributed by atoms with E-state index >= 15 is 0 Å². The third kappa shape index (κ3) is 6.22. The number of ether oxygens (including phenoxy) is 1. The molecule has 94 valence electrons. The highest BCUT2D eigenvalue weighted by molar-refractivity contribution is 7.99. The van der Waals surface area contributed by atoms with Crippen molar-refractivity contribution in [1.29, 1.82) is 0 Å². The number of carbonyl (C=O) groups is 1. The van der Waals surface area contributed by atoms with Crippen LogP contribution in [0.4, 0.5) is 5.69 Å². The van der Waals surface area contributed by atoms with Crippen molar-refractivity contribution in [2.24, 2.45) is 0 Å². The number of benzene rings is 1. The Hall–Kier alpha value is -1.16. The van der Waals surface area contributed by atoms with Gasteiger partial charge in [-0.2, -0.15) is 11.8 Å². The smallest absolute Gasteiger partial charge is 0.310 e. The fourth-order valence-electron chi connectivity index (χ4n) is 1.36. The molecule has 0 saturated heterocycles. The summed E-state index contributed by atoms with van der Waals surface area (Å²) in [5, 5.41) is 0.572. The fraction of sp³-hybridized carbons (Fsp3) is 0.462. The predicted octanol–water partition coefficient (Wildman–Crippen LogP) is 2.50. The van der Waals surface area contributed by atoms with E-state index in [0.29, 0.717) is 17.5 Å². The molecule has 17 heavy (non-hydrogen) atoms. The summed E-state index contributed by atoms with van der Waals surface area (Å²) in [6, 6.07) is 7.31. The van der Waals surface area contributed by atoms with E-state index in [9.17, 15) is 4.79 Å². The Labute approximate surface area is 107 Å². The molecule has 1 rings (SSSR count). The third-order valence-corrected chi connectivity index (χ3v) is 3.17. The van der Waals surface area contributed by atoms with E-state index in [1.54, 1.807) is 23.9 Å². The van der Waals surface area contributed by atoms with Crippen molar-refractivity contribution in [2.75, 3.05) is 18.1 Å². The van der Waals surface area contributed by atoms with Crippen LogP contribution in [-0.2, 0) is 16.0 Å². The molecule has 2 N–H and O–H groups in total. The molecule has 0 aliphatic heterocycles. The molecule has 0 amide bonds. The Bertz CT molecular complexity index is 366. The first kappa shape index (κ1) is 13.9. The lowest BCUT2D eigenvalue weighted by Gasteiger charge is -2.06. The van der Waals surface area contributed by atoms with Gasteiger partial charge < -0.3 is 10.5 Å². The SMILES string of the molecule is CC(C)SCCOC(=O)Cc1cccc(N)c1. The van der Waals surface area contributed by atoms with Gasteiger partial charge in [0.1, 0.15) is 6.61 Å². The van der Waals surface area contributed by atoms with Crippen LogP contribution in [0, 0.1) is 0 Å². The van der Waals surface area contributed by atoms with E-state index in [2.05, 4.69) is 13.8 Å². The maximum absolute atomic E-state index is 11.5. The highest BCUT2D eigenvalue weighted by Crippen LogP contribution is 2.10. The van der Waals surface area contributed by atoms with Gasteiger partial charge in [-0.25, -0.2) is 0 Å². The van der Waals surface area contributed by atoms with Crippen molar-refractivity contribution in [3.8, 4) is 0 Å². The molecule has 0 bridgehead atoms. The maximum atomic E-state index is 11.5. The summed E-state index contributed by atoms with van der Waals surface area (Å²) >= 11 is 1.78. The standard InChI is InChI=1S/C13H19NO2S/c1-10(2)17-7-6-16-13(15)9-11-4-3-5-12(14)8-11/h3-5,8,10H,6-7,9,14H2,1-2H3. The minimum Gasteiger partial charge on any atom is -0.465 e. The Kier molecular flexibility index (Phi) is 5.91. The highest BCUT2D eigenvalue weighted by atomic mass is 32.2. The highest BCUT2D eigenvalue weighted by Gasteiger charge is 2.05. The number of carbonyl (C=O) groups excluding carboxylic acids is 1. The van der Waals surface area contributed by atoms with E-state index in [1.807, 2.05) is 12.1 Å². The topological polar surface area (TPSA) is 52.3 Å². The fourth-order valence-corrected chi connectivity index (χ4v) is 2.01. The summed E-state index contributed by atoms with van der Waals surface area (Å²) < 4.78 is 5.14. The molecule has 0 spiro atoms. The minimum absolute atomic E-state index is 0.194. The van der Waals surface area contributed by atoms with Crippen molar-refractivity contribution in [1.82, 2.24) is 0 Å². The van der Waals surface area contributed by atoms with Crippen LogP contribution in [0.15, 0.2) is 24.3 Å². The van der Waals surface area contributed by atoms with Crippen LogP contribution in [-0.4, -0.2) is 23.6 Å². The normalized spacial score (nSPS) is 10.5. The van der Waals surface area contributed by atoms with Gasteiger partial charge in [0.05, 0.1) is 6.42 Å². The summed E-state index contributed by atoms with van der Waals surface area (Å²) in [5.74, 6) is 0.653. The van der Waals surface area contributed by atoms with Gasteiger partial charge >= 0.3 is 5.97 Å². The molecule has 3 nitrogen and oxygen atoms in total. The molecule has 0 aromatic heterocycles. The van der Waals surface area contributed by atoms with Crippen LogP contribution >= 0.6 is 11.8 Å². The second kappa shape index (κ2) is 7.22. The minimum atomic E-state index is -0.194. The van der Waals surface area contributed by atoms with Gasteiger partial charge in [-0.3, -0.25) is 4.79 Å². The van der Waals surface area contributed by atoms with Crippen molar-refractivity contribution in [2.45, 2.75) is 25.5 Å². The molecule has 0 heterocycles. The number of esters is 1. The number of thioether (sulfide) groups is 1. The Balaban J connectivity index is 2.25. The average molecular weight is 253 g/mol. The molecular formula is C13H19NO2S. The largest absolute Gasteiger partial charge is 0.465 e. The molecule has 0 atom stereocenters. The van der Waals surface area contributed by atoms with Gasteiger partial charge in [-0.1, -0.05) is 26.0 Å². The third-order valence-electron chi connectivity index (χ3n) is 2.10. The van der Waals surface area contributed by atoms with E-state index < -0.39 is 0 Å². The molecule has 4 heteroatoms. The summed E-state index contributed by atoms with van der Waals surface area (Å²) in [5.41, 5.74) is 7.20. The molecule has 0 aliphatic rings. The summed E-state index contributed by atoms with van der Waals surface area (Å²) in [6.07, 6.45) is 0.289. The van der Waals surface area contributed by atoms with Gasteiger partial charge in [0.25, 0.3) is 0 Å². The number of hydrogen-bond donors (Lipinski definition) is 1. The number of anilines is 1. The van der Waals surface area contributed by atoms with E-state index in [-0.39, 0.29) is 12.4 Å². The average Bonchev–Trinajstić information content (AvgIpc) is 2.24. The quantitative estimate of drug-likeness (QED) is 0.481. The number of nitrogens with two attached hydrogens (primary N) is 1. The van der Waals surface area contributed by atoms with Gasteiger partial charge in [-0.15, -0.1) is 0 Å². The first-order valence-electron chi connectivity index (χ1n) is 5.69. The van der Waals surface area contributed by atoms with Crippen molar-refractivity contribution in [3.63, 3.8) is 0 Å². The van der Waals surface area contributed by atoms with Gasteiger partial charge in [0, 0.05) is 11.4 Å². The lowest BCUT2D eigenvalue weighted by Crippen LogP contribution is -2.11. The zero-order valence-electron chi connectivity index (χ0n) is 10.3. The van der Waals surface area contributed by atoms with E-state index in [0.717, 1.165) is 11.3 Å². The molecule has 0 radical (unpaired) electrons. The Morgan fingerprint density at radius 3 is 2.88 bits per heavy atom. The molecular weight excluding hydrogens is 234 g/mol. The molecule has 0 unspecified atom stereocenters. The zero-order chi connectivity index (χ0) is 12.7. The predicted molar refractivity (Wildman–Crippen MR) is 73.1 cm³/mol. The van der Waals surface area contributed by atoms with E-state index in [1.165, 1.54) is 0 Å². The lowest BCUT2D eigenvalue weighted by atomic mass is 10.1. The van der Waals surface area contributed by atoms with Crippen molar-refractivity contribution < 1.29 is 9.53 Å². The monoisotopic (exact) mass is 253 g/mol. The molecule has 0 fully saturated rings. The summed E-state index contributed by atoms with van der Waals surface area (Å²) in [4.78, 5) is 11.5. The van der Waals surface area contributed by atoms with Crippen LogP contribution in [0.2, 0.25) is 0 Å². The second-order valence-electron chi connectivity index (χ2n) is 4.06. The second-order valence-corrected chi connectivity index (χ2v) is 5.75. The first-order valence-corrected chi connectivity index (χ1v) is 6.74. The van der Waals surface area contributed by atoms with E-state index in [4.69, 9.17) is 10.5 Å². The van der Waals surface area contributed by atoms with Gasteiger partial charge in [0.15, 0.2) is 0 Å². The summed E-state index contributed by atoms with van der Waals surface area (Å²) in [7, 11) is 0. The van der Waals surface area contributed by atoms with Crippen LogP contribution in [0.1, 0.15) is 19.4 Å². The number of hydrogen-bond acceptors (Lipinski definition) is 4. The summed E-state index contributed by atoms with van der Waals surface area (Å²) in [6.45, 7) is 4.72. The van der Waals surface area contributed by atoms with Crippen LogP contribution in [0.25, 0.3) is 0 Å². The van der Waals surface area contributed by atoms with Crippen LogP contribution < -0.4 is 5.73 Å². The van der Waals surface area contributed by atoms with Crippen LogP contribution in [0.5, 0.6) is 0 Å². The Morgan fingerprint density at radius 1 is 1.47 bits per heavy atom. The molecule has 0 saturated carbocycles. The Morgan fingerprint density at radius 2 is 2.24 bits per heavy atom. The van der Waals surface area contributed by atoms with Crippen LogP contribution in [0.3, 0.4) is 0 Å². The lowest BCUT2D eigenvalue weighted by molar-refractivity contribution is -0.142. The molecule has 0 aliphatic carbocycles. The first-order chi connectivity index (χ1) is 8.08.